The second kappa shape index (κ2) is 8.82. The smallest absolute Gasteiger partial charge is 0.327 e. The van der Waals surface area contributed by atoms with Gasteiger partial charge in [0, 0.05) is 11.2 Å². The zero-order valence-corrected chi connectivity index (χ0v) is 19.8. The minimum atomic E-state index is -1.07. The molecule has 33 heavy (non-hydrogen) atoms. The molecule has 0 bridgehead atoms. The van der Waals surface area contributed by atoms with Crippen molar-refractivity contribution in [1.29, 1.82) is 0 Å². The molecule has 1 aromatic carbocycles. The number of carboxylic acids is 1. The first-order valence-electron chi connectivity index (χ1n) is 10.2. The summed E-state index contributed by atoms with van der Waals surface area (Å²) < 4.78 is -0.669. The molecule has 3 aliphatic rings. The highest BCUT2D eigenvalue weighted by Gasteiger charge is 2.64. The summed E-state index contributed by atoms with van der Waals surface area (Å²) in [5, 5.41) is 21.9. The van der Waals surface area contributed by atoms with Gasteiger partial charge in [0.1, 0.15) is 22.7 Å². The maximum atomic E-state index is 12.5. The summed E-state index contributed by atoms with van der Waals surface area (Å²) in [6, 6.07) is 5.97. The molecular weight excluding hydrogens is 466 g/mol. The number of carboxylic acid groups (broad SMARTS) is 1. The summed E-state index contributed by atoms with van der Waals surface area (Å²) in [5.74, 6) is -2.30. The summed E-state index contributed by atoms with van der Waals surface area (Å²) in [6.45, 7) is 5.52. The quantitative estimate of drug-likeness (QED) is 0.307. The molecule has 4 rings (SSSR count). The minimum absolute atomic E-state index is 0.135. The van der Waals surface area contributed by atoms with E-state index in [4.69, 9.17) is 0 Å². The monoisotopic (exact) mass is 489 g/mol. The summed E-state index contributed by atoms with van der Waals surface area (Å²) in [6.07, 6.45) is 1.43. The van der Waals surface area contributed by atoms with Crippen LogP contribution in [0.4, 0.5) is 0 Å². The van der Waals surface area contributed by atoms with Gasteiger partial charge < -0.3 is 20.6 Å². The Labute approximate surface area is 198 Å². The summed E-state index contributed by atoms with van der Waals surface area (Å²) in [5.41, 5.74) is 2.00. The van der Waals surface area contributed by atoms with Crippen LogP contribution in [0.1, 0.15) is 31.4 Å². The number of β-lactam (4-membered cyclic amide) rings is 1. The number of rotatable bonds is 6. The summed E-state index contributed by atoms with van der Waals surface area (Å²) in [4.78, 5) is 50.1. The fourth-order valence-electron chi connectivity index (χ4n) is 3.93. The van der Waals surface area contributed by atoms with E-state index in [0.29, 0.717) is 5.17 Å². The molecule has 3 N–H and O–H groups in total. The average molecular weight is 490 g/mol. The van der Waals surface area contributed by atoms with Crippen LogP contribution in [-0.2, 0) is 19.2 Å². The molecule has 10 nitrogen and oxygen atoms in total. The zero-order chi connectivity index (χ0) is 23.9. The third-order valence-corrected chi connectivity index (χ3v) is 8.22. The molecule has 1 aromatic rings. The van der Waals surface area contributed by atoms with Gasteiger partial charge in [-0.1, -0.05) is 41.6 Å². The molecule has 174 valence electrons. The average Bonchev–Trinajstić information content (AvgIpc) is 3.21. The molecule has 0 radical (unpaired) electrons. The van der Waals surface area contributed by atoms with Crippen molar-refractivity contribution in [3.05, 3.63) is 35.4 Å². The Morgan fingerprint density at radius 1 is 1.27 bits per heavy atom. The van der Waals surface area contributed by atoms with Crippen LogP contribution in [0.5, 0.6) is 0 Å². The lowest BCUT2D eigenvalue weighted by atomic mass is 9.96. The molecular formula is C21H23N5O5S2. The highest BCUT2D eigenvalue weighted by molar-refractivity contribution is 8.15. The van der Waals surface area contributed by atoms with E-state index in [2.05, 4.69) is 20.8 Å². The van der Waals surface area contributed by atoms with Crippen LogP contribution < -0.4 is 10.6 Å². The molecule has 4 unspecified atom stereocenters. The number of carbonyl (C=O) groups excluding carboxylic acids is 3. The van der Waals surface area contributed by atoms with Gasteiger partial charge in [0.25, 0.3) is 0 Å². The van der Waals surface area contributed by atoms with E-state index >= 15 is 0 Å². The van der Waals surface area contributed by atoms with E-state index in [1.54, 1.807) is 20.1 Å². The van der Waals surface area contributed by atoms with E-state index in [9.17, 15) is 24.3 Å². The number of aryl methyl sites for hydroxylation is 1. The lowest BCUT2D eigenvalue weighted by Crippen LogP contribution is -2.70. The standard InChI is InChI=1S/C21H23N5O5S2/c1-10-4-6-11(7-5-10)9-22-25-20-24-16(28)12(32-20)8-13(27)23-14-17(29)26-15(19(30)31)21(2,3)33-18(14)26/h4-7,9,12,14-15,18H,8H2,1-3H3,(H,23,27)(H,30,31)(H,24,25,28)/b22-9+. The Morgan fingerprint density at radius 2 is 1.97 bits per heavy atom. The predicted octanol–water partition coefficient (Wildman–Crippen LogP) is 0.938. The molecule has 3 heterocycles. The van der Waals surface area contributed by atoms with Crippen LogP contribution in [0.15, 0.2) is 34.5 Å². The van der Waals surface area contributed by atoms with Crippen LogP contribution in [0.3, 0.4) is 0 Å². The number of thioether (sulfide) groups is 2. The Balaban J connectivity index is 1.31. The van der Waals surface area contributed by atoms with Crippen LogP contribution in [-0.4, -0.2) is 72.5 Å². The second-order valence-corrected chi connectivity index (χ2v) is 11.5. The van der Waals surface area contributed by atoms with Crippen molar-refractivity contribution in [2.24, 2.45) is 10.2 Å². The van der Waals surface area contributed by atoms with Crippen molar-refractivity contribution in [1.82, 2.24) is 15.5 Å². The fourth-order valence-corrected chi connectivity index (χ4v) is 6.48. The van der Waals surface area contributed by atoms with Gasteiger partial charge in [0.05, 0.1) is 6.21 Å². The Morgan fingerprint density at radius 3 is 2.64 bits per heavy atom. The second-order valence-electron chi connectivity index (χ2n) is 8.50. The number of amides is 3. The topological polar surface area (TPSA) is 141 Å². The van der Waals surface area contributed by atoms with Gasteiger partial charge in [-0.05, 0) is 26.3 Å². The molecule has 0 spiro atoms. The number of carbonyl (C=O) groups is 4. The van der Waals surface area contributed by atoms with Gasteiger partial charge in [-0.25, -0.2) is 4.79 Å². The van der Waals surface area contributed by atoms with Crippen molar-refractivity contribution in [2.75, 3.05) is 0 Å². The van der Waals surface area contributed by atoms with Gasteiger partial charge >= 0.3 is 5.97 Å². The Kier molecular flexibility index (Phi) is 6.23. The number of hydrogen-bond donors (Lipinski definition) is 3. The molecule has 12 heteroatoms. The SMILES string of the molecule is Cc1ccc(/C=N/N=C2/NC(=O)C(CC(=O)NC3C(=O)N4C3SC(C)(C)C4C(=O)O)S2)cc1. The number of nitrogens with zero attached hydrogens (tertiary/aromatic N) is 3. The first-order chi connectivity index (χ1) is 15.6. The van der Waals surface area contributed by atoms with E-state index < -0.39 is 45.2 Å². The highest BCUT2D eigenvalue weighted by atomic mass is 32.2. The van der Waals surface area contributed by atoms with Crippen LogP contribution in [0, 0.1) is 6.92 Å². The maximum absolute atomic E-state index is 12.5. The van der Waals surface area contributed by atoms with Gasteiger partial charge in [-0.15, -0.1) is 16.9 Å². The highest BCUT2D eigenvalue weighted by Crippen LogP contribution is 2.50. The zero-order valence-electron chi connectivity index (χ0n) is 18.1. The van der Waals surface area contributed by atoms with Crippen molar-refractivity contribution < 1.29 is 24.3 Å². The lowest BCUT2D eigenvalue weighted by Gasteiger charge is -2.43. The van der Waals surface area contributed by atoms with Crippen LogP contribution >= 0.6 is 23.5 Å². The third kappa shape index (κ3) is 4.62. The first kappa shape index (κ1) is 23.3. The molecule has 3 saturated heterocycles. The van der Waals surface area contributed by atoms with Gasteiger partial charge in [0.2, 0.25) is 17.7 Å². The molecule has 0 saturated carbocycles. The minimum Gasteiger partial charge on any atom is -0.480 e. The van der Waals surface area contributed by atoms with Crippen LogP contribution in [0.25, 0.3) is 0 Å². The van der Waals surface area contributed by atoms with Crippen LogP contribution in [0.2, 0.25) is 0 Å². The number of nitrogens with one attached hydrogen (secondary N) is 2. The molecule has 0 aromatic heterocycles. The molecule has 0 aliphatic carbocycles. The van der Waals surface area contributed by atoms with E-state index in [0.717, 1.165) is 22.9 Å². The maximum Gasteiger partial charge on any atom is 0.327 e. The van der Waals surface area contributed by atoms with Crippen molar-refractivity contribution in [3.8, 4) is 0 Å². The largest absolute Gasteiger partial charge is 0.480 e. The summed E-state index contributed by atoms with van der Waals surface area (Å²) >= 11 is 2.45. The Bertz CT molecular complexity index is 1070. The Hall–Kier alpha value is -2.86. The summed E-state index contributed by atoms with van der Waals surface area (Å²) in [7, 11) is 0. The molecule has 4 atom stereocenters. The lowest BCUT2D eigenvalue weighted by molar-refractivity contribution is -0.161. The number of fused-ring (bicyclic) bond motifs is 1. The van der Waals surface area contributed by atoms with E-state index in [1.165, 1.54) is 16.7 Å². The third-order valence-electron chi connectivity index (χ3n) is 5.57. The fraction of sp³-hybridized carbons (Fsp3) is 0.429. The normalized spacial score (nSPS) is 29.2. The van der Waals surface area contributed by atoms with Crippen molar-refractivity contribution in [3.63, 3.8) is 0 Å². The number of benzene rings is 1. The number of aliphatic carboxylic acids is 1. The molecule has 3 amide bonds. The van der Waals surface area contributed by atoms with Crippen molar-refractivity contribution in [2.45, 2.75) is 54.6 Å². The molecule has 3 aliphatic heterocycles. The van der Waals surface area contributed by atoms with E-state index in [1.807, 2.05) is 31.2 Å². The predicted molar refractivity (Wildman–Crippen MR) is 126 cm³/mol. The number of hydrogen-bond acceptors (Lipinski definition) is 8. The number of amidine groups is 1. The van der Waals surface area contributed by atoms with Gasteiger partial charge in [-0.2, -0.15) is 5.10 Å². The van der Waals surface area contributed by atoms with Gasteiger partial charge in [-0.3, -0.25) is 14.4 Å². The molecule has 3 fully saturated rings. The first-order valence-corrected chi connectivity index (χ1v) is 12.0. The van der Waals surface area contributed by atoms with E-state index in [-0.39, 0.29) is 12.3 Å². The van der Waals surface area contributed by atoms with Crippen molar-refractivity contribution >= 4 is 58.6 Å². The van der Waals surface area contributed by atoms with Gasteiger partial charge in [0.15, 0.2) is 5.17 Å².